The average Bonchev–Trinajstić information content (AvgIpc) is 2.81. The van der Waals surface area contributed by atoms with Crippen molar-refractivity contribution >= 4 is 11.6 Å². The topological polar surface area (TPSA) is 25.4 Å². The average molecular weight is 433 g/mol. The minimum atomic E-state index is 0.201. The molecule has 1 aromatic carbocycles. The number of hydrogen-bond acceptors (Lipinski definition) is 3. The monoisotopic (exact) mass is 432 g/mol. The molecule has 160 valence electrons. The van der Waals surface area contributed by atoms with Gasteiger partial charge in [-0.3, -0.25) is 4.90 Å². The summed E-state index contributed by atoms with van der Waals surface area (Å²) in [6.45, 7) is 6.32. The Labute approximate surface area is 190 Å². The third kappa shape index (κ3) is 6.23. The molecule has 0 amide bonds. The Hall–Kier alpha value is -2.54. The van der Waals surface area contributed by atoms with E-state index in [4.69, 9.17) is 16.3 Å². The van der Waals surface area contributed by atoms with Crippen molar-refractivity contribution in [2.45, 2.75) is 32.6 Å². The van der Waals surface area contributed by atoms with Crippen LogP contribution in [0.4, 0.5) is 0 Å². The third-order valence-corrected chi connectivity index (χ3v) is 6.09. The Bertz CT molecular complexity index is 990. The summed E-state index contributed by atoms with van der Waals surface area (Å²) in [5.41, 5.74) is 4.12. The number of ether oxygens (including phenoxy) is 1. The molecule has 1 unspecified atom stereocenters. The van der Waals surface area contributed by atoms with Gasteiger partial charge in [-0.25, -0.2) is 4.98 Å². The molecule has 4 heteroatoms. The Morgan fingerprint density at radius 3 is 2.55 bits per heavy atom. The van der Waals surface area contributed by atoms with Crippen LogP contribution in [0.1, 0.15) is 38.3 Å². The molecular formula is C27H29ClN2O. The lowest BCUT2D eigenvalue weighted by Gasteiger charge is -2.27. The molecule has 2 aromatic rings. The van der Waals surface area contributed by atoms with Crippen molar-refractivity contribution in [2.24, 2.45) is 5.92 Å². The van der Waals surface area contributed by atoms with Crippen molar-refractivity contribution in [2.75, 3.05) is 26.2 Å². The largest absolute Gasteiger partial charge is 0.492 e. The normalized spacial score (nSPS) is 19.1. The molecule has 0 radical (unpaired) electrons. The molecule has 1 fully saturated rings. The number of allylic oxidation sites excluding steroid dienone is 3. The maximum Gasteiger partial charge on any atom is 0.118 e. The first-order valence-corrected chi connectivity index (χ1v) is 11.5. The van der Waals surface area contributed by atoms with Crippen LogP contribution in [-0.4, -0.2) is 36.1 Å². The van der Waals surface area contributed by atoms with E-state index >= 15 is 0 Å². The van der Waals surface area contributed by atoms with E-state index in [9.17, 15) is 0 Å². The number of likely N-dealkylation sites (tertiary alicyclic amines) is 1. The zero-order valence-corrected chi connectivity index (χ0v) is 18.9. The molecule has 3 nitrogen and oxygen atoms in total. The summed E-state index contributed by atoms with van der Waals surface area (Å²) in [5, 5.41) is 0.736. The number of pyridine rings is 1. The molecule has 1 aromatic heterocycles. The first-order valence-electron chi connectivity index (χ1n) is 11.1. The molecule has 4 rings (SSSR count). The highest BCUT2D eigenvalue weighted by atomic mass is 35.5. The third-order valence-electron chi connectivity index (χ3n) is 5.84. The molecule has 1 aliphatic heterocycles. The zero-order chi connectivity index (χ0) is 21.5. The number of hydrogen-bond donors (Lipinski definition) is 0. The summed E-state index contributed by atoms with van der Waals surface area (Å²) in [4.78, 5) is 7.01. The fourth-order valence-corrected chi connectivity index (χ4v) is 4.16. The highest BCUT2D eigenvalue weighted by molar-refractivity contribution is 6.30. The highest BCUT2D eigenvalue weighted by Crippen LogP contribution is 2.24. The van der Waals surface area contributed by atoms with Crippen molar-refractivity contribution < 1.29 is 4.74 Å². The predicted octanol–water partition coefficient (Wildman–Crippen LogP) is 6.11. The number of aromatic nitrogens is 1. The Morgan fingerprint density at radius 1 is 1.06 bits per heavy atom. The second-order valence-electron chi connectivity index (χ2n) is 8.22. The first kappa shape index (κ1) is 21.7. The van der Waals surface area contributed by atoms with E-state index < -0.39 is 0 Å². The quantitative estimate of drug-likeness (QED) is 0.533. The van der Waals surface area contributed by atoms with E-state index in [1.54, 1.807) is 0 Å². The van der Waals surface area contributed by atoms with E-state index in [1.807, 2.05) is 36.5 Å². The minimum absolute atomic E-state index is 0.201. The molecule has 0 N–H and O–H groups in total. The summed E-state index contributed by atoms with van der Waals surface area (Å²) in [5.74, 6) is 7.78. The SMILES string of the molecule is CC1=CC(C#Cc2ccc(-c3ccc(Cl)cc3)cn2)CC=C1OCCN1CCCCC1. The second kappa shape index (κ2) is 10.7. The van der Waals surface area contributed by atoms with Crippen LogP contribution in [0.15, 0.2) is 66.1 Å². The van der Waals surface area contributed by atoms with Crippen LogP contribution in [0, 0.1) is 17.8 Å². The first-order chi connectivity index (χ1) is 15.2. The van der Waals surface area contributed by atoms with E-state index in [2.05, 4.69) is 46.9 Å². The smallest absolute Gasteiger partial charge is 0.118 e. The van der Waals surface area contributed by atoms with Gasteiger partial charge in [-0.1, -0.05) is 48.2 Å². The fourth-order valence-electron chi connectivity index (χ4n) is 4.04. The van der Waals surface area contributed by atoms with Crippen LogP contribution in [0.3, 0.4) is 0 Å². The molecule has 0 spiro atoms. The zero-order valence-electron chi connectivity index (χ0n) is 18.1. The number of nitrogens with zero attached hydrogens (tertiary/aromatic N) is 2. The van der Waals surface area contributed by atoms with E-state index in [0.717, 1.165) is 47.2 Å². The lowest BCUT2D eigenvalue weighted by atomic mass is 9.96. The summed E-state index contributed by atoms with van der Waals surface area (Å²) < 4.78 is 6.05. The molecule has 2 heterocycles. The van der Waals surface area contributed by atoms with Gasteiger partial charge in [-0.15, -0.1) is 0 Å². The van der Waals surface area contributed by atoms with Crippen LogP contribution in [0.2, 0.25) is 5.02 Å². The van der Waals surface area contributed by atoms with Gasteiger partial charge >= 0.3 is 0 Å². The summed E-state index contributed by atoms with van der Waals surface area (Å²) in [7, 11) is 0. The molecule has 0 bridgehead atoms. The Kier molecular flexibility index (Phi) is 7.46. The summed E-state index contributed by atoms with van der Waals surface area (Å²) >= 11 is 5.96. The molecule has 1 aliphatic carbocycles. The minimum Gasteiger partial charge on any atom is -0.492 e. The van der Waals surface area contributed by atoms with Crippen molar-refractivity contribution in [1.29, 1.82) is 0 Å². The van der Waals surface area contributed by atoms with Crippen LogP contribution >= 0.6 is 11.6 Å². The number of piperidine rings is 1. The number of benzene rings is 1. The van der Waals surface area contributed by atoms with Gasteiger partial charge in [0.2, 0.25) is 0 Å². The van der Waals surface area contributed by atoms with Gasteiger partial charge in [0.05, 0.1) is 0 Å². The highest BCUT2D eigenvalue weighted by Gasteiger charge is 2.14. The van der Waals surface area contributed by atoms with E-state index in [0.29, 0.717) is 0 Å². The predicted molar refractivity (Wildman–Crippen MR) is 128 cm³/mol. The lowest BCUT2D eigenvalue weighted by Crippen LogP contribution is -2.32. The van der Waals surface area contributed by atoms with Gasteiger partial charge < -0.3 is 4.74 Å². The molecular weight excluding hydrogens is 404 g/mol. The lowest BCUT2D eigenvalue weighted by molar-refractivity contribution is 0.145. The summed E-state index contributed by atoms with van der Waals surface area (Å²) in [6, 6.07) is 11.8. The van der Waals surface area contributed by atoms with Crippen LogP contribution in [0.5, 0.6) is 0 Å². The molecule has 0 saturated carbocycles. The van der Waals surface area contributed by atoms with Crippen molar-refractivity contribution in [3.63, 3.8) is 0 Å². The van der Waals surface area contributed by atoms with Crippen LogP contribution < -0.4 is 0 Å². The summed E-state index contributed by atoms with van der Waals surface area (Å²) in [6.07, 6.45) is 11.2. The maximum absolute atomic E-state index is 6.05. The van der Waals surface area contributed by atoms with Gasteiger partial charge in [0.1, 0.15) is 18.1 Å². The van der Waals surface area contributed by atoms with Crippen LogP contribution in [-0.2, 0) is 4.74 Å². The second-order valence-corrected chi connectivity index (χ2v) is 8.66. The van der Waals surface area contributed by atoms with Gasteiger partial charge in [0, 0.05) is 29.2 Å². The molecule has 31 heavy (non-hydrogen) atoms. The van der Waals surface area contributed by atoms with Crippen LogP contribution in [0.25, 0.3) is 11.1 Å². The van der Waals surface area contributed by atoms with Gasteiger partial charge in [0.15, 0.2) is 0 Å². The van der Waals surface area contributed by atoms with Gasteiger partial charge in [-0.05, 0) is 80.6 Å². The van der Waals surface area contributed by atoms with Crippen molar-refractivity contribution in [3.8, 4) is 23.0 Å². The molecule has 1 atom stereocenters. The van der Waals surface area contributed by atoms with E-state index in [-0.39, 0.29) is 5.92 Å². The van der Waals surface area contributed by atoms with Gasteiger partial charge in [0.25, 0.3) is 0 Å². The number of halogens is 1. The van der Waals surface area contributed by atoms with Gasteiger partial charge in [-0.2, -0.15) is 0 Å². The Balaban J connectivity index is 1.29. The Morgan fingerprint density at radius 2 is 1.84 bits per heavy atom. The van der Waals surface area contributed by atoms with E-state index in [1.165, 1.54) is 37.9 Å². The standard InChI is InChI=1S/C27H29ClN2O/c1-21-19-22(6-14-27(21)31-18-17-30-15-3-2-4-16-30)5-12-26-13-9-24(20-29-26)23-7-10-25(28)11-8-23/h7-11,13-14,19-20,22H,2-4,6,15-18H2,1H3. The molecule has 2 aliphatic rings. The maximum atomic E-state index is 6.05. The molecule has 1 saturated heterocycles. The number of rotatable bonds is 5. The van der Waals surface area contributed by atoms with Crippen molar-refractivity contribution in [3.05, 3.63) is 76.8 Å². The van der Waals surface area contributed by atoms with Crippen molar-refractivity contribution in [1.82, 2.24) is 9.88 Å². The fraction of sp³-hybridized carbons (Fsp3) is 0.370.